The van der Waals surface area contributed by atoms with Crippen molar-refractivity contribution in [3.8, 4) is 0 Å². The molecule has 3 fully saturated rings. The largest absolute Gasteiger partial charge is 0.444 e. The topological polar surface area (TPSA) is 105 Å². The van der Waals surface area contributed by atoms with Gasteiger partial charge in [0.15, 0.2) is 0 Å². The van der Waals surface area contributed by atoms with Crippen molar-refractivity contribution in [1.82, 2.24) is 15.1 Å². The minimum atomic E-state index is -0.780. The average Bonchev–Trinajstić information content (AvgIpc) is 2.93. The first-order valence-electron chi connectivity index (χ1n) is 11.4. The Morgan fingerprint density at radius 2 is 1.77 bits per heavy atom. The summed E-state index contributed by atoms with van der Waals surface area (Å²) in [7, 11) is 1.53. The SMILES string of the molecule is C[C@@H](C(=O)N[C@H](C(=O)N1CC[C@H]2CC[C@@]3(N)CC213)C(C)(C)C)N(C)C(=O)OC(C)(C)C. The van der Waals surface area contributed by atoms with E-state index in [1.165, 1.54) is 11.9 Å². The number of nitrogens with one attached hydrogen (secondary N) is 1. The molecule has 3 amide bonds. The molecule has 0 aromatic rings. The van der Waals surface area contributed by atoms with E-state index in [0.29, 0.717) is 12.5 Å². The van der Waals surface area contributed by atoms with Gasteiger partial charge in [0, 0.05) is 19.1 Å². The lowest BCUT2D eigenvalue weighted by Crippen LogP contribution is -2.60. The van der Waals surface area contributed by atoms with E-state index in [1.54, 1.807) is 27.7 Å². The first-order chi connectivity index (χ1) is 14.0. The normalized spacial score (nSPS) is 31.4. The highest BCUT2D eigenvalue weighted by Crippen LogP contribution is 2.67. The first-order valence-corrected chi connectivity index (χ1v) is 11.4. The third-order valence-corrected chi connectivity index (χ3v) is 7.43. The molecule has 5 atom stereocenters. The van der Waals surface area contributed by atoms with Crippen molar-refractivity contribution in [2.24, 2.45) is 17.1 Å². The summed E-state index contributed by atoms with van der Waals surface area (Å²) in [4.78, 5) is 42.4. The highest BCUT2D eigenvalue weighted by molar-refractivity contribution is 5.92. The molecular weight excluding hydrogens is 396 g/mol. The fraction of sp³-hybridized carbons (Fsp3) is 0.870. The molecule has 8 nitrogen and oxygen atoms in total. The number of nitrogens with two attached hydrogens (primary N) is 1. The quantitative estimate of drug-likeness (QED) is 0.703. The van der Waals surface area contributed by atoms with Gasteiger partial charge in [0.05, 0.1) is 5.54 Å². The maximum absolute atomic E-state index is 13.7. The van der Waals surface area contributed by atoms with Crippen molar-refractivity contribution >= 4 is 17.9 Å². The van der Waals surface area contributed by atoms with Crippen molar-refractivity contribution in [2.75, 3.05) is 13.6 Å². The monoisotopic (exact) mass is 436 g/mol. The molecule has 0 aromatic carbocycles. The first kappa shape index (κ1) is 23.8. The van der Waals surface area contributed by atoms with Gasteiger partial charge in [-0.25, -0.2) is 4.79 Å². The van der Waals surface area contributed by atoms with Gasteiger partial charge in [-0.3, -0.25) is 14.5 Å². The van der Waals surface area contributed by atoms with E-state index in [4.69, 9.17) is 10.5 Å². The Morgan fingerprint density at radius 3 is 2.29 bits per heavy atom. The van der Waals surface area contributed by atoms with Crippen LogP contribution in [0.1, 0.15) is 74.1 Å². The number of rotatable bonds is 4. The minimum absolute atomic E-state index is 0.0651. The van der Waals surface area contributed by atoms with Crippen LogP contribution in [0.5, 0.6) is 0 Å². The van der Waals surface area contributed by atoms with Gasteiger partial charge in [0.2, 0.25) is 11.8 Å². The molecular formula is C23H40N4O4. The number of likely N-dealkylation sites (N-methyl/N-ethyl adjacent to an activating group) is 1. The van der Waals surface area contributed by atoms with Crippen LogP contribution in [0, 0.1) is 11.3 Å². The molecule has 2 aliphatic carbocycles. The Bertz CT molecular complexity index is 771. The minimum Gasteiger partial charge on any atom is -0.444 e. The number of hydrogen-bond donors (Lipinski definition) is 2. The van der Waals surface area contributed by atoms with E-state index in [1.807, 2.05) is 25.7 Å². The second-order valence-electron chi connectivity index (χ2n) is 11.8. The number of carbonyl (C=O) groups is 3. The molecule has 8 heteroatoms. The molecule has 0 radical (unpaired) electrons. The highest BCUT2D eigenvalue weighted by Gasteiger charge is 2.77. The zero-order valence-corrected chi connectivity index (χ0v) is 20.4. The number of hydrogen-bond acceptors (Lipinski definition) is 5. The van der Waals surface area contributed by atoms with Crippen LogP contribution in [-0.2, 0) is 14.3 Å². The van der Waals surface area contributed by atoms with Crippen molar-refractivity contribution in [3.05, 3.63) is 0 Å². The summed E-state index contributed by atoms with van der Waals surface area (Å²) in [5.41, 5.74) is 4.97. The van der Waals surface area contributed by atoms with Gasteiger partial charge >= 0.3 is 6.09 Å². The van der Waals surface area contributed by atoms with Crippen molar-refractivity contribution in [1.29, 1.82) is 0 Å². The van der Waals surface area contributed by atoms with Crippen LogP contribution in [0.3, 0.4) is 0 Å². The van der Waals surface area contributed by atoms with Gasteiger partial charge in [0.1, 0.15) is 17.7 Å². The zero-order valence-electron chi connectivity index (χ0n) is 20.4. The van der Waals surface area contributed by atoms with Crippen molar-refractivity contribution in [3.63, 3.8) is 0 Å². The Morgan fingerprint density at radius 1 is 1.16 bits per heavy atom. The molecule has 1 spiro atoms. The molecule has 0 bridgehead atoms. The van der Waals surface area contributed by atoms with E-state index in [-0.39, 0.29) is 22.9 Å². The maximum atomic E-state index is 13.7. The van der Waals surface area contributed by atoms with Gasteiger partial charge in [-0.2, -0.15) is 0 Å². The summed E-state index contributed by atoms with van der Waals surface area (Å²) >= 11 is 0. The van der Waals surface area contributed by atoms with Gasteiger partial charge in [0.25, 0.3) is 0 Å². The lowest BCUT2D eigenvalue weighted by Gasteiger charge is -2.38. The molecule has 3 rings (SSSR count). The Balaban J connectivity index is 1.73. The predicted molar refractivity (Wildman–Crippen MR) is 118 cm³/mol. The van der Waals surface area contributed by atoms with Crippen LogP contribution in [0.25, 0.3) is 0 Å². The van der Waals surface area contributed by atoms with Crippen LogP contribution in [0.4, 0.5) is 4.79 Å². The van der Waals surface area contributed by atoms with Gasteiger partial charge < -0.3 is 20.7 Å². The molecule has 0 aromatic heterocycles. The van der Waals surface area contributed by atoms with E-state index < -0.39 is 29.2 Å². The lowest BCUT2D eigenvalue weighted by atomic mass is 9.85. The highest BCUT2D eigenvalue weighted by atomic mass is 16.6. The van der Waals surface area contributed by atoms with Crippen LogP contribution in [0.15, 0.2) is 0 Å². The van der Waals surface area contributed by atoms with E-state index in [0.717, 1.165) is 25.7 Å². The summed E-state index contributed by atoms with van der Waals surface area (Å²) in [6.45, 7) is 13.5. The van der Waals surface area contributed by atoms with Gasteiger partial charge in [-0.05, 0) is 64.7 Å². The molecule has 3 N–H and O–H groups in total. The van der Waals surface area contributed by atoms with E-state index in [9.17, 15) is 14.4 Å². The summed E-state index contributed by atoms with van der Waals surface area (Å²) in [5, 5.41) is 2.94. The zero-order chi connectivity index (χ0) is 23.6. The second kappa shape index (κ2) is 7.36. The van der Waals surface area contributed by atoms with E-state index in [2.05, 4.69) is 5.32 Å². The number of nitrogens with zero attached hydrogens (tertiary/aromatic N) is 2. The summed E-state index contributed by atoms with van der Waals surface area (Å²) < 4.78 is 5.37. The Hall–Kier alpha value is -1.83. The molecule has 2 saturated carbocycles. The average molecular weight is 437 g/mol. The lowest BCUT2D eigenvalue weighted by molar-refractivity contribution is -0.142. The summed E-state index contributed by atoms with van der Waals surface area (Å²) in [6.07, 6.45) is 3.30. The van der Waals surface area contributed by atoms with E-state index >= 15 is 0 Å². The molecule has 3 aliphatic rings. The van der Waals surface area contributed by atoms with Crippen molar-refractivity contribution in [2.45, 2.75) is 103 Å². The van der Waals surface area contributed by atoms with Crippen molar-refractivity contribution < 1.29 is 19.1 Å². The molecule has 1 heterocycles. The number of likely N-dealkylation sites (tertiary alicyclic amines) is 1. The number of ether oxygens (including phenoxy) is 1. The Labute approximate surface area is 186 Å². The predicted octanol–water partition coefficient (Wildman–Crippen LogP) is 2.25. The smallest absolute Gasteiger partial charge is 0.410 e. The molecule has 1 saturated heterocycles. The summed E-state index contributed by atoms with van der Waals surface area (Å²) in [6, 6.07) is -1.48. The second-order valence-corrected chi connectivity index (χ2v) is 11.8. The Kier molecular flexibility index (Phi) is 5.65. The molecule has 31 heavy (non-hydrogen) atoms. The third-order valence-electron chi connectivity index (χ3n) is 7.43. The summed E-state index contributed by atoms with van der Waals surface area (Å²) in [5.74, 6) is 0.0239. The third kappa shape index (κ3) is 4.03. The number of amides is 3. The number of carbonyl (C=O) groups excluding carboxylic acids is 3. The van der Waals surface area contributed by atoms with Gasteiger partial charge in [-0.15, -0.1) is 0 Å². The van der Waals surface area contributed by atoms with Gasteiger partial charge in [-0.1, -0.05) is 20.8 Å². The molecule has 176 valence electrons. The molecule has 1 unspecified atom stereocenters. The van der Waals surface area contributed by atoms with Crippen LogP contribution >= 0.6 is 0 Å². The maximum Gasteiger partial charge on any atom is 0.410 e. The van der Waals surface area contributed by atoms with Crippen LogP contribution in [0.2, 0.25) is 0 Å². The fourth-order valence-electron chi connectivity index (χ4n) is 5.46. The fourth-order valence-corrected chi connectivity index (χ4v) is 5.46. The van der Waals surface area contributed by atoms with Crippen LogP contribution in [-0.4, -0.2) is 70.1 Å². The van der Waals surface area contributed by atoms with Crippen LogP contribution < -0.4 is 11.1 Å². The standard InChI is InChI=1S/C23H40N4O4/c1-14(26(8)19(30)31-21(5,6)7)17(28)25-16(20(2,3)4)18(29)27-12-10-15-9-11-22(24)13-23(15,22)27/h14-16H,9-13,24H2,1-8H3,(H,25,28)/t14-,15+,16+,22+,23?/m0/s1. The molecule has 1 aliphatic heterocycles.